The van der Waals surface area contributed by atoms with Crippen LogP contribution in [-0.4, -0.2) is 15.0 Å². The molecule has 3 aromatic rings. The molecule has 2 aromatic heterocycles. The van der Waals surface area contributed by atoms with Crippen LogP contribution < -0.4 is 5.32 Å². The summed E-state index contributed by atoms with van der Waals surface area (Å²) in [6, 6.07) is 8.20. The number of nitrogens with one attached hydrogen (secondary N) is 1. The van der Waals surface area contributed by atoms with Crippen LogP contribution in [0.2, 0.25) is 0 Å². The van der Waals surface area contributed by atoms with Crippen LogP contribution in [0.5, 0.6) is 0 Å². The molecular formula is C16H16N4S2. The lowest BCUT2D eigenvalue weighted by atomic mass is 10.2. The highest BCUT2D eigenvalue weighted by Crippen LogP contribution is 2.26. The highest BCUT2D eigenvalue weighted by molar-refractivity contribution is 7.98. The van der Waals surface area contributed by atoms with E-state index in [9.17, 15) is 0 Å². The third-order valence-electron chi connectivity index (χ3n) is 3.04. The number of aromatic nitrogens is 3. The number of thioether (sulfide) groups is 1. The molecule has 0 amide bonds. The van der Waals surface area contributed by atoms with Gasteiger partial charge in [0.1, 0.15) is 0 Å². The first-order valence-electron chi connectivity index (χ1n) is 6.89. The molecule has 1 aromatic carbocycles. The molecule has 0 aliphatic heterocycles. The van der Waals surface area contributed by atoms with Crippen LogP contribution in [-0.2, 0) is 5.75 Å². The molecule has 3 rings (SSSR count). The van der Waals surface area contributed by atoms with Gasteiger partial charge in [0, 0.05) is 29.2 Å². The van der Waals surface area contributed by atoms with E-state index in [0.29, 0.717) is 0 Å². The van der Waals surface area contributed by atoms with Crippen molar-refractivity contribution in [2.24, 2.45) is 0 Å². The largest absolute Gasteiger partial charge is 0.331 e. The molecule has 1 N–H and O–H groups in total. The van der Waals surface area contributed by atoms with Crippen molar-refractivity contribution in [3.05, 3.63) is 58.9 Å². The van der Waals surface area contributed by atoms with Crippen LogP contribution in [0, 0.1) is 13.8 Å². The van der Waals surface area contributed by atoms with Crippen molar-refractivity contribution in [3.63, 3.8) is 0 Å². The normalized spacial score (nSPS) is 10.6. The minimum Gasteiger partial charge on any atom is -0.331 e. The molecule has 0 bridgehead atoms. The Labute approximate surface area is 138 Å². The van der Waals surface area contributed by atoms with Crippen molar-refractivity contribution < 1.29 is 0 Å². The number of benzene rings is 1. The summed E-state index contributed by atoms with van der Waals surface area (Å²) in [7, 11) is 0. The fourth-order valence-corrected chi connectivity index (χ4v) is 3.36. The lowest BCUT2D eigenvalue weighted by Crippen LogP contribution is -1.93. The van der Waals surface area contributed by atoms with Gasteiger partial charge in [0.05, 0.1) is 5.69 Å². The van der Waals surface area contributed by atoms with E-state index in [2.05, 4.69) is 44.7 Å². The first kappa shape index (κ1) is 15.0. The number of nitrogens with zero attached hydrogens (tertiary/aromatic N) is 3. The molecule has 0 aliphatic rings. The van der Waals surface area contributed by atoms with E-state index < -0.39 is 0 Å². The molecule has 0 unspecified atom stereocenters. The van der Waals surface area contributed by atoms with Crippen LogP contribution in [0.4, 0.5) is 10.8 Å². The van der Waals surface area contributed by atoms with Crippen LogP contribution >= 0.6 is 23.1 Å². The van der Waals surface area contributed by atoms with Crippen LogP contribution in [0.1, 0.15) is 16.8 Å². The average Bonchev–Trinajstić information content (AvgIpc) is 2.97. The summed E-state index contributed by atoms with van der Waals surface area (Å²) in [5, 5.41) is 7.13. The minimum atomic E-state index is 0.773. The SMILES string of the molecule is Cc1cnc(SCc2csc(Nc3ccccc3C)n2)nc1. The molecule has 6 heteroatoms. The molecular weight excluding hydrogens is 312 g/mol. The van der Waals surface area contributed by atoms with Gasteiger partial charge in [0.15, 0.2) is 10.3 Å². The molecule has 0 atom stereocenters. The van der Waals surface area contributed by atoms with Gasteiger partial charge in [-0.2, -0.15) is 0 Å². The fraction of sp³-hybridized carbons (Fsp3) is 0.188. The molecule has 0 aliphatic carbocycles. The van der Waals surface area contributed by atoms with Crippen molar-refractivity contribution in [2.75, 3.05) is 5.32 Å². The second kappa shape index (κ2) is 6.89. The summed E-state index contributed by atoms with van der Waals surface area (Å²) < 4.78 is 0. The summed E-state index contributed by atoms with van der Waals surface area (Å²) >= 11 is 3.21. The molecule has 112 valence electrons. The van der Waals surface area contributed by atoms with Gasteiger partial charge in [-0.3, -0.25) is 0 Å². The number of hydrogen-bond acceptors (Lipinski definition) is 6. The number of anilines is 2. The van der Waals surface area contributed by atoms with Gasteiger partial charge in [-0.1, -0.05) is 30.0 Å². The van der Waals surface area contributed by atoms with E-state index in [1.54, 1.807) is 23.1 Å². The zero-order valence-electron chi connectivity index (χ0n) is 12.4. The smallest absolute Gasteiger partial charge is 0.187 e. The Morgan fingerprint density at radius 3 is 2.68 bits per heavy atom. The first-order chi connectivity index (χ1) is 10.7. The van der Waals surface area contributed by atoms with Gasteiger partial charge in [-0.25, -0.2) is 15.0 Å². The van der Waals surface area contributed by atoms with Crippen molar-refractivity contribution in [3.8, 4) is 0 Å². The minimum absolute atomic E-state index is 0.773. The molecule has 2 heterocycles. The summed E-state index contributed by atoms with van der Waals surface area (Å²) in [5.74, 6) is 0.773. The molecule has 0 spiro atoms. The molecule has 0 fully saturated rings. The van der Waals surface area contributed by atoms with Crippen LogP contribution in [0.3, 0.4) is 0 Å². The van der Waals surface area contributed by atoms with Crippen molar-refractivity contribution in [1.82, 2.24) is 15.0 Å². The Bertz CT molecular complexity index is 753. The van der Waals surface area contributed by atoms with Gasteiger partial charge in [-0.15, -0.1) is 11.3 Å². The quantitative estimate of drug-likeness (QED) is 0.548. The van der Waals surface area contributed by atoms with Crippen molar-refractivity contribution >= 4 is 33.9 Å². The molecule has 0 radical (unpaired) electrons. The predicted molar refractivity (Wildman–Crippen MR) is 92.9 cm³/mol. The van der Waals surface area contributed by atoms with Crippen LogP contribution in [0.15, 0.2) is 47.2 Å². The Kier molecular flexibility index (Phi) is 4.70. The number of hydrogen-bond donors (Lipinski definition) is 1. The zero-order valence-corrected chi connectivity index (χ0v) is 14.0. The maximum atomic E-state index is 4.61. The van der Waals surface area contributed by atoms with Gasteiger partial charge >= 0.3 is 0 Å². The number of rotatable bonds is 5. The summed E-state index contributed by atoms with van der Waals surface area (Å²) in [4.78, 5) is 13.2. The van der Waals surface area contributed by atoms with Crippen molar-refractivity contribution in [1.29, 1.82) is 0 Å². The molecule has 0 saturated heterocycles. The number of para-hydroxylation sites is 1. The monoisotopic (exact) mass is 328 g/mol. The van der Waals surface area contributed by atoms with Gasteiger partial charge < -0.3 is 5.32 Å². The Morgan fingerprint density at radius 2 is 1.91 bits per heavy atom. The molecule has 4 nitrogen and oxygen atoms in total. The maximum Gasteiger partial charge on any atom is 0.187 e. The van der Waals surface area contributed by atoms with Gasteiger partial charge in [0.25, 0.3) is 0 Å². The number of thiazole rings is 1. The standard InChI is InChI=1S/C16H16N4S2/c1-11-7-17-15(18-8-11)21-9-13-10-22-16(19-13)20-14-6-4-3-5-12(14)2/h3-8,10H,9H2,1-2H3,(H,19,20). The Morgan fingerprint density at radius 1 is 1.14 bits per heavy atom. The second-order valence-electron chi connectivity index (χ2n) is 4.92. The van der Waals surface area contributed by atoms with Gasteiger partial charge in [0.2, 0.25) is 0 Å². The summed E-state index contributed by atoms with van der Waals surface area (Å²) in [5.41, 5.74) is 4.41. The molecule has 0 saturated carbocycles. The third kappa shape index (κ3) is 3.84. The van der Waals surface area contributed by atoms with E-state index in [1.807, 2.05) is 31.5 Å². The summed E-state index contributed by atoms with van der Waals surface area (Å²) in [6.07, 6.45) is 3.67. The van der Waals surface area contributed by atoms with Crippen LogP contribution in [0.25, 0.3) is 0 Å². The van der Waals surface area contributed by atoms with Crippen molar-refractivity contribution in [2.45, 2.75) is 24.8 Å². The maximum absolute atomic E-state index is 4.61. The predicted octanol–water partition coefficient (Wildman–Crippen LogP) is 4.59. The van der Waals surface area contributed by atoms with E-state index in [4.69, 9.17) is 0 Å². The molecule has 22 heavy (non-hydrogen) atoms. The van der Waals surface area contributed by atoms with E-state index in [0.717, 1.165) is 33.0 Å². The lowest BCUT2D eigenvalue weighted by Gasteiger charge is -2.05. The highest BCUT2D eigenvalue weighted by Gasteiger charge is 2.05. The topological polar surface area (TPSA) is 50.7 Å². The second-order valence-corrected chi connectivity index (χ2v) is 6.72. The Balaban J connectivity index is 1.61. The van der Waals surface area contributed by atoms with E-state index in [1.165, 1.54) is 5.56 Å². The van der Waals surface area contributed by atoms with E-state index >= 15 is 0 Å². The van der Waals surface area contributed by atoms with E-state index in [-0.39, 0.29) is 0 Å². The zero-order chi connectivity index (χ0) is 15.4. The summed E-state index contributed by atoms with van der Waals surface area (Å²) in [6.45, 7) is 4.07. The first-order valence-corrected chi connectivity index (χ1v) is 8.76. The fourth-order valence-electron chi connectivity index (χ4n) is 1.85. The lowest BCUT2D eigenvalue weighted by molar-refractivity contribution is 0.948. The Hall–Kier alpha value is -1.92. The highest BCUT2D eigenvalue weighted by atomic mass is 32.2. The average molecular weight is 328 g/mol. The third-order valence-corrected chi connectivity index (χ3v) is 4.76. The van der Waals surface area contributed by atoms with Gasteiger partial charge in [-0.05, 0) is 31.0 Å². The number of aryl methyl sites for hydroxylation is 2.